The number of hydrogen-bond acceptors (Lipinski definition) is 4. The quantitative estimate of drug-likeness (QED) is 0.705. The van der Waals surface area contributed by atoms with Gasteiger partial charge in [-0.15, -0.1) is 0 Å². The number of nitrogens with two attached hydrogens (primary N) is 1. The number of unbranched alkanes of at least 4 members (excludes halogenated alkanes) is 1. The molecule has 0 aliphatic carbocycles. The average molecular weight is 287 g/mol. The summed E-state index contributed by atoms with van der Waals surface area (Å²) in [4.78, 5) is 14.0. The van der Waals surface area contributed by atoms with Crippen LogP contribution in [-0.2, 0) is 4.74 Å². The van der Waals surface area contributed by atoms with Gasteiger partial charge >= 0.3 is 6.09 Å². The summed E-state index contributed by atoms with van der Waals surface area (Å²) >= 11 is 0. The van der Waals surface area contributed by atoms with Crippen LogP contribution in [0.5, 0.6) is 0 Å². The van der Waals surface area contributed by atoms with Gasteiger partial charge < -0.3 is 20.7 Å². The minimum Gasteiger partial charge on any atom is -0.444 e. The van der Waals surface area contributed by atoms with Crippen molar-refractivity contribution in [2.45, 2.75) is 65.5 Å². The van der Waals surface area contributed by atoms with E-state index in [0.29, 0.717) is 6.54 Å². The number of ether oxygens (including phenoxy) is 1. The van der Waals surface area contributed by atoms with Crippen molar-refractivity contribution in [2.75, 3.05) is 26.2 Å². The van der Waals surface area contributed by atoms with Crippen LogP contribution >= 0.6 is 0 Å². The molecule has 0 aromatic carbocycles. The Balaban J connectivity index is 4.27. The van der Waals surface area contributed by atoms with Crippen LogP contribution in [0.25, 0.3) is 0 Å². The lowest BCUT2D eigenvalue weighted by Crippen LogP contribution is -2.50. The smallest absolute Gasteiger partial charge is 0.410 e. The zero-order valence-electron chi connectivity index (χ0n) is 14.1. The monoisotopic (exact) mass is 287 g/mol. The number of amides is 1. The Kier molecular flexibility index (Phi) is 8.13. The third kappa shape index (κ3) is 9.15. The Hall–Kier alpha value is -0.810. The molecule has 120 valence electrons. The van der Waals surface area contributed by atoms with Crippen molar-refractivity contribution in [3.05, 3.63) is 0 Å². The van der Waals surface area contributed by atoms with E-state index in [1.807, 2.05) is 41.5 Å². The molecular weight excluding hydrogens is 254 g/mol. The summed E-state index contributed by atoms with van der Waals surface area (Å²) in [5.41, 5.74) is 4.74. The summed E-state index contributed by atoms with van der Waals surface area (Å²) in [6.45, 7) is 14.8. The molecule has 0 bridgehead atoms. The molecule has 0 aromatic rings. The van der Waals surface area contributed by atoms with Crippen molar-refractivity contribution in [3.8, 4) is 0 Å². The van der Waals surface area contributed by atoms with Crippen LogP contribution < -0.4 is 11.1 Å². The van der Waals surface area contributed by atoms with Crippen LogP contribution in [0.15, 0.2) is 0 Å². The van der Waals surface area contributed by atoms with E-state index in [2.05, 4.69) is 5.32 Å². The van der Waals surface area contributed by atoms with E-state index in [1.165, 1.54) is 0 Å². The predicted octanol–water partition coefficient (Wildman–Crippen LogP) is 2.35. The molecule has 0 saturated carbocycles. The first kappa shape index (κ1) is 19.2. The molecule has 0 radical (unpaired) electrons. The second kappa shape index (κ2) is 8.47. The van der Waals surface area contributed by atoms with E-state index >= 15 is 0 Å². The molecule has 0 heterocycles. The Morgan fingerprint density at radius 1 is 1.10 bits per heavy atom. The van der Waals surface area contributed by atoms with E-state index in [-0.39, 0.29) is 11.6 Å². The highest BCUT2D eigenvalue weighted by Crippen LogP contribution is 2.17. The van der Waals surface area contributed by atoms with Gasteiger partial charge in [-0.2, -0.15) is 0 Å². The highest BCUT2D eigenvalue weighted by atomic mass is 16.6. The van der Waals surface area contributed by atoms with Gasteiger partial charge in [0.2, 0.25) is 0 Å². The Bertz CT molecular complexity index is 280. The van der Waals surface area contributed by atoms with E-state index < -0.39 is 5.60 Å². The molecule has 0 aliphatic rings. The van der Waals surface area contributed by atoms with Crippen molar-refractivity contribution >= 4 is 6.09 Å². The van der Waals surface area contributed by atoms with Gasteiger partial charge in [-0.1, -0.05) is 0 Å². The molecule has 0 spiro atoms. The second-order valence-electron chi connectivity index (χ2n) is 7.05. The van der Waals surface area contributed by atoms with Crippen molar-refractivity contribution in [2.24, 2.45) is 5.73 Å². The van der Waals surface area contributed by atoms with Gasteiger partial charge in [0, 0.05) is 18.6 Å². The fourth-order valence-electron chi connectivity index (χ4n) is 1.73. The van der Waals surface area contributed by atoms with Crippen LogP contribution in [-0.4, -0.2) is 48.3 Å². The maximum absolute atomic E-state index is 12.2. The molecular formula is C15H33N3O2. The minimum absolute atomic E-state index is 0.249. The molecule has 3 N–H and O–H groups in total. The third-order valence-electron chi connectivity index (χ3n) is 2.74. The fraction of sp³-hybridized carbons (Fsp3) is 0.933. The van der Waals surface area contributed by atoms with E-state index in [1.54, 1.807) is 4.90 Å². The summed E-state index contributed by atoms with van der Waals surface area (Å²) in [5.74, 6) is 0. The molecule has 0 saturated heterocycles. The van der Waals surface area contributed by atoms with Crippen LogP contribution in [0, 0.1) is 0 Å². The van der Waals surface area contributed by atoms with E-state index in [0.717, 1.165) is 32.5 Å². The molecule has 0 aliphatic heterocycles. The number of rotatable bonds is 7. The van der Waals surface area contributed by atoms with Gasteiger partial charge in [-0.25, -0.2) is 4.79 Å². The molecule has 0 unspecified atom stereocenters. The first-order valence-corrected chi connectivity index (χ1v) is 7.49. The number of nitrogens with zero attached hydrogens (tertiary/aromatic N) is 1. The molecule has 0 atom stereocenters. The molecule has 5 heteroatoms. The Labute approximate surface area is 124 Å². The molecule has 5 nitrogen and oxygen atoms in total. The minimum atomic E-state index is -0.463. The predicted molar refractivity (Wildman–Crippen MR) is 83.9 cm³/mol. The lowest BCUT2D eigenvalue weighted by molar-refractivity contribution is 0.00666. The van der Waals surface area contributed by atoms with Crippen molar-refractivity contribution in [3.63, 3.8) is 0 Å². The zero-order valence-corrected chi connectivity index (χ0v) is 14.1. The van der Waals surface area contributed by atoms with Gasteiger partial charge in [0.05, 0.1) is 0 Å². The molecule has 20 heavy (non-hydrogen) atoms. The molecule has 0 aromatic heterocycles. The van der Waals surface area contributed by atoms with Crippen molar-refractivity contribution < 1.29 is 9.53 Å². The third-order valence-corrected chi connectivity index (χ3v) is 2.74. The number of carbonyl (C=O) groups excluding carboxylic acids is 1. The summed E-state index contributed by atoms with van der Waals surface area (Å²) < 4.78 is 5.46. The van der Waals surface area contributed by atoms with Gasteiger partial charge in [-0.05, 0) is 67.5 Å². The van der Waals surface area contributed by atoms with Crippen LogP contribution in [0.2, 0.25) is 0 Å². The van der Waals surface area contributed by atoms with E-state index in [4.69, 9.17) is 10.5 Å². The van der Waals surface area contributed by atoms with Crippen LogP contribution in [0.4, 0.5) is 4.79 Å². The highest BCUT2D eigenvalue weighted by molar-refractivity contribution is 5.69. The van der Waals surface area contributed by atoms with Gasteiger partial charge in [-0.3, -0.25) is 0 Å². The average Bonchev–Trinajstić information content (AvgIpc) is 2.23. The maximum Gasteiger partial charge on any atom is 0.410 e. The van der Waals surface area contributed by atoms with Crippen molar-refractivity contribution in [1.82, 2.24) is 10.2 Å². The largest absolute Gasteiger partial charge is 0.444 e. The van der Waals surface area contributed by atoms with Gasteiger partial charge in [0.1, 0.15) is 5.60 Å². The van der Waals surface area contributed by atoms with Crippen LogP contribution in [0.3, 0.4) is 0 Å². The van der Waals surface area contributed by atoms with Crippen molar-refractivity contribution in [1.29, 1.82) is 0 Å². The SMILES string of the molecule is CC(C)(C)OC(=O)N(CCNCCCCN)C(C)(C)C. The Morgan fingerprint density at radius 3 is 2.15 bits per heavy atom. The number of carbonyl (C=O) groups is 1. The standard InChI is InChI=1S/C15H33N3O2/c1-14(2,3)18(13(19)20-15(4,5)6)12-11-17-10-8-7-9-16/h17H,7-12,16H2,1-6H3. The summed E-state index contributed by atoms with van der Waals surface area (Å²) in [5, 5.41) is 3.34. The fourth-order valence-corrected chi connectivity index (χ4v) is 1.73. The number of nitrogens with one attached hydrogen (secondary N) is 1. The molecule has 1 amide bonds. The Morgan fingerprint density at radius 2 is 1.70 bits per heavy atom. The topological polar surface area (TPSA) is 67.6 Å². The van der Waals surface area contributed by atoms with E-state index in [9.17, 15) is 4.79 Å². The maximum atomic E-state index is 12.2. The highest BCUT2D eigenvalue weighted by Gasteiger charge is 2.30. The summed E-state index contributed by atoms with van der Waals surface area (Å²) in [7, 11) is 0. The molecule has 0 fully saturated rings. The van der Waals surface area contributed by atoms with Gasteiger partial charge in [0.25, 0.3) is 0 Å². The van der Waals surface area contributed by atoms with Crippen LogP contribution in [0.1, 0.15) is 54.4 Å². The summed E-state index contributed by atoms with van der Waals surface area (Å²) in [6, 6.07) is 0. The zero-order chi connectivity index (χ0) is 15.8. The molecule has 0 rings (SSSR count). The lowest BCUT2D eigenvalue weighted by Gasteiger charge is -2.36. The first-order chi connectivity index (χ1) is 9.08. The summed E-state index contributed by atoms with van der Waals surface area (Å²) in [6.07, 6.45) is 1.84. The number of hydrogen-bond donors (Lipinski definition) is 2. The van der Waals surface area contributed by atoms with Gasteiger partial charge in [0.15, 0.2) is 0 Å². The first-order valence-electron chi connectivity index (χ1n) is 7.49. The normalized spacial score (nSPS) is 12.3. The lowest BCUT2D eigenvalue weighted by atomic mass is 10.1. The second-order valence-corrected chi connectivity index (χ2v) is 7.05.